The number of fused-ring (bicyclic) bond motifs is 1. The summed E-state index contributed by atoms with van der Waals surface area (Å²) in [4.78, 5) is 14.8. The van der Waals surface area contributed by atoms with Gasteiger partial charge in [-0.15, -0.1) is 0 Å². The molecule has 0 saturated carbocycles. The van der Waals surface area contributed by atoms with Gasteiger partial charge in [0, 0.05) is 13.1 Å². The van der Waals surface area contributed by atoms with Crippen LogP contribution in [0.4, 0.5) is 0 Å². The van der Waals surface area contributed by atoms with Gasteiger partial charge in [-0.05, 0) is 56.3 Å². The summed E-state index contributed by atoms with van der Waals surface area (Å²) in [5.41, 5.74) is 2.60. The van der Waals surface area contributed by atoms with Gasteiger partial charge in [-0.25, -0.2) is 0 Å². The first-order chi connectivity index (χ1) is 9.79. The van der Waals surface area contributed by atoms with E-state index < -0.39 is 0 Å². The van der Waals surface area contributed by atoms with Crippen LogP contribution in [0.5, 0.6) is 0 Å². The van der Waals surface area contributed by atoms with Crippen molar-refractivity contribution >= 4 is 5.91 Å². The van der Waals surface area contributed by atoms with Crippen LogP contribution in [0, 0.1) is 5.92 Å². The molecule has 1 saturated heterocycles. The second-order valence-corrected chi connectivity index (χ2v) is 6.04. The highest BCUT2D eigenvalue weighted by Gasteiger charge is 2.34. The monoisotopic (exact) mass is 272 g/mol. The largest absolute Gasteiger partial charge is 0.342 e. The lowest BCUT2D eigenvalue weighted by atomic mass is 9.76. The molecule has 3 rings (SSSR count). The fourth-order valence-corrected chi connectivity index (χ4v) is 3.47. The Bertz CT molecular complexity index is 480. The molecular formula is C17H24N2O. The molecule has 0 radical (unpaired) electrons. The molecule has 108 valence electrons. The molecule has 1 aromatic carbocycles. The van der Waals surface area contributed by atoms with E-state index in [9.17, 15) is 4.79 Å². The predicted molar refractivity (Wildman–Crippen MR) is 80.7 cm³/mol. The number of benzene rings is 1. The second kappa shape index (κ2) is 5.96. The van der Waals surface area contributed by atoms with Crippen LogP contribution >= 0.6 is 0 Å². The molecule has 20 heavy (non-hydrogen) atoms. The van der Waals surface area contributed by atoms with E-state index >= 15 is 0 Å². The van der Waals surface area contributed by atoms with Crippen molar-refractivity contribution in [2.45, 2.75) is 32.1 Å². The van der Waals surface area contributed by atoms with Crippen LogP contribution in [0.25, 0.3) is 0 Å². The maximum absolute atomic E-state index is 12.7. The quantitative estimate of drug-likeness (QED) is 0.911. The zero-order valence-electron chi connectivity index (χ0n) is 12.3. The number of hydrogen-bond donors (Lipinski definition) is 1. The fourth-order valence-electron chi connectivity index (χ4n) is 3.47. The fraction of sp³-hybridized carbons (Fsp3) is 0.588. The summed E-state index contributed by atoms with van der Waals surface area (Å²) in [6.07, 6.45) is 3.41. The van der Waals surface area contributed by atoms with E-state index in [4.69, 9.17) is 0 Å². The third-order valence-electron chi connectivity index (χ3n) is 4.72. The Balaban J connectivity index is 1.63. The number of hydrogen-bond acceptors (Lipinski definition) is 2. The number of carbonyl (C=O) groups excluding carboxylic acids is 1. The number of piperidine rings is 1. The topological polar surface area (TPSA) is 32.3 Å². The van der Waals surface area contributed by atoms with Crippen molar-refractivity contribution in [3.8, 4) is 0 Å². The summed E-state index contributed by atoms with van der Waals surface area (Å²) in [6.45, 7) is 6.03. The zero-order valence-corrected chi connectivity index (χ0v) is 12.3. The van der Waals surface area contributed by atoms with Gasteiger partial charge in [0.1, 0.15) is 0 Å². The van der Waals surface area contributed by atoms with Crippen LogP contribution in [-0.4, -0.2) is 37.0 Å². The van der Waals surface area contributed by atoms with Crippen molar-refractivity contribution < 1.29 is 4.79 Å². The Morgan fingerprint density at radius 2 is 2.25 bits per heavy atom. The van der Waals surface area contributed by atoms with Gasteiger partial charge in [0.05, 0.1) is 5.92 Å². The predicted octanol–water partition coefficient (Wildman–Crippen LogP) is 2.17. The average Bonchev–Trinajstić information content (AvgIpc) is 2.47. The molecule has 1 fully saturated rings. The van der Waals surface area contributed by atoms with Gasteiger partial charge in [0.15, 0.2) is 0 Å². The molecule has 0 bridgehead atoms. The van der Waals surface area contributed by atoms with Crippen molar-refractivity contribution in [1.82, 2.24) is 10.2 Å². The molecule has 1 amide bonds. The molecule has 3 heteroatoms. The van der Waals surface area contributed by atoms with Gasteiger partial charge in [-0.1, -0.05) is 24.3 Å². The van der Waals surface area contributed by atoms with Crippen LogP contribution in [-0.2, 0) is 11.2 Å². The highest BCUT2D eigenvalue weighted by atomic mass is 16.2. The number of nitrogens with one attached hydrogen (secondary N) is 1. The van der Waals surface area contributed by atoms with Crippen molar-refractivity contribution in [3.05, 3.63) is 35.4 Å². The summed E-state index contributed by atoms with van der Waals surface area (Å²) < 4.78 is 0. The molecule has 1 N–H and O–H groups in total. The lowest BCUT2D eigenvalue weighted by molar-refractivity contribution is -0.134. The highest BCUT2D eigenvalue weighted by molar-refractivity contribution is 5.86. The first kappa shape index (κ1) is 13.6. The standard InChI is InChI=1S/C17H24N2O/c1-2-19(12-13-6-5-9-18-11-13)17(20)16-10-14-7-3-4-8-15(14)16/h3-4,7-8,13,16,18H,2,5-6,9-12H2,1H3. The van der Waals surface area contributed by atoms with Gasteiger partial charge in [-0.2, -0.15) is 0 Å². The molecule has 1 aliphatic carbocycles. The number of likely N-dealkylation sites (N-methyl/N-ethyl adjacent to an activating group) is 1. The molecule has 2 atom stereocenters. The minimum absolute atomic E-state index is 0.114. The van der Waals surface area contributed by atoms with Crippen LogP contribution < -0.4 is 5.32 Å². The van der Waals surface area contributed by atoms with E-state index in [0.29, 0.717) is 11.8 Å². The molecule has 1 aliphatic heterocycles. The van der Waals surface area contributed by atoms with E-state index in [1.54, 1.807) is 0 Å². The molecule has 1 aromatic rings. The van der Waals surface area contributed by atoms with E-state index in [2.05, 4.69) is 35.3 Å². The summed E-state index contributed by atoms with van der Waals surface area (Å²) in [7, 11) is 0. The SMILES string of the molecule is CCN(CC1CCCNC1)C(=O)C1Cc2ccccc21. The van der Waals surface area contributed by atoms with E-state index in [-0.39, 0.29) is 5.92 Å². The summed E-state index contributed by atoms with van der Waals surface area (Å²) in [6, 6.07) is 8.35. The third kappa shape index (κ3) is 2.59. The Labute approximate surface area is 121 Å². The van der Waals surface area contributed by atoms with Gasteiger partial charge in [0.25, 0.3) is 0 Å². The molecule has 0 aromatic heterocycles. The first-order valence-electron chi connectivity index (χ1n) is 7.87. The smallest absolute Gasteiger partial charge is 0.230 e. The maximum atomic E-state index is 12.7. The van der Waals surface area contributed by atoms with Crippen molar-refractivity contribution in [2.75, 3.05) is 26.2 Å². The van der Waals surface area contributed by atoms with Gasteiger partial charge in [0.2, 0.25) is 5.91 Å². The molecule has 3 nitrogen and oxygen atoms in total. The number of carbonyl (C=O) groups is 1. The minimum Gasteiger partial charge on any atom is -0.342 e. The first-order valence-corrected chi connectivity index (χ1v) is 7.87. The molecule has 2 unspecified atom stereocenters. The lowest BCUT2D eigenvalue weighted by Gasteiger charge is -2.36. The summed E-state index contributed by atoms with van der Waals surface area (Å²) in [5, 5.41) is 3.44. The van der Waals surface area contributed by atoms with Gasteiger partial charge >= 0.3 is 0 Å². The Hall–Kier alpha value is -1.35. The van der Waals surface area contributed by atoms with Crippen LogP contribution in [0.2, 0.25) is 0 Å². The number of amides is 1. The highest BCUT2D eigenvalue weighted by Crippen LogP contribution is 2.36. The molecule has 1 heterocycles. The van der Waals surface area contributed by atoms with E-state index in [0.717, 1.165) is 32.6 Å². The molecule has 2 aliphatic rings. The Morgan fingerprint density at radius 1 is 1.40 bits per heavy atom. The lowest BCUT2D eigenvalue weighted by Crippen LogP contribution is -2.44. The minimum atomic E-state index is 0.114. The van der Waals surface area contributed by atoms with E-state index in [1.165, 1.54) is 24.0 Å². The average molecular weight is 272 g/mol. The van der Waals surface area contributed by atoms with Crippen molar-refractivity contribution in [3.63, 3.8) is 0 Å². The second-order valence-electron chi connectivity index (χ2n) is 6.04. The van der Waals surface area contributed by atoms with Crippen molar-refractivity contribution in [1.29, 1.82) is 0 Å². The van der Waals surface area contributed by atoms with Crippen LogP contribution in [0.3, 0.4) is 0 Å². The maximum Gasteiger partial charge on any atom is 0.230 e. The summed E-state index contributed by atoms with van der Waals surface area (Å²) in [5.74, 6) is 1.07. The van der Waals surface area contributed by atoms with Crippen molar-refractivity contribution in [2.24, 2.45) is 5.92 Å². The molecule has 0 spiro atoms. The normalized spacial score (nSPS) is 24.6. The zero-order chi connectivity index (χ0) is 13.9. The number of nitrogens with zero attached hydrogens (tertiary/aromatic N) is 1. The van der Waals surface area contributed by atoms with Crippen LogP contribution in [0.1, 0.15) is 36.8 Å². The van der Waals surface area contributed by atoms with Gasteiger partial charge in [-0.3, -0.25) is 4.79 Å². The van der Waals surface area contributed by atoms with Crippen LogP contribution in [0.15, 0.2) is 24.3 Å². The van der Waals surface area contributed by atoms with E-state index in [1.807, 2.05) is 6.07 Å². The van der Waals surface area contributed by atoms with Gasteiger partial charge < -0.3 is 10.2 Å². The Morgan fingerprint density at radius 3 is 2.95 bits per heavy atom. The summed E-state index contributed by atoms with van der Waals surface area (Å²) >= 11 is 0. The molecular weight excluding hydrogens is 248 g/mol. The third-order valence-corrected chi connectivity index (χ3v) is 4.72. The number of rotatable bonds is 4. The Kier molecular flexibility index (Phi) is 4.06.